The Morgan fingerprint density at radius 1 is 0.674 bits per heavy atom. The van der Waals surface area contributed by atoms with E-state index in [0.29, 0.717) is 17.2 Å². The van der Waals surface area contributed by atoms with Crippen LogP contribution in [0.4, 0.5) is 5.69 Å². The molecule has 1 aliphatic rings. The summed E-state index contributed by atoms with van der Waals surface area (Å²) >= 11 is 0. The van der Waals surface area contributed by atoms with Crippen LogP contribution in [-0.2, 0) is 21.1 Å². The van der Waals surface area contributed by atoms with Crippen molar-refractivity contribution in [3.8, 4) is 11.5 Å². The molecular weight excluding hydrogens is 752 g/mol. The van der Waals surface area contributed by atoms with Gasteiger partial charge in [0.25, 0.3) is 0 Å². The number of para-hydroxylation sites is 3. The van der Waals surface area contributed by atoms with Crippen molar-refractivity contribution in [2.45, 2.75) is 0 Å². The van der Waals surface area contributed by atoms with Crippen molar-refractivity contribution in [3.63, 3.8) is 0 Å². The zero-order chi connectivity index (χ0) is 32.1. The van der Waals surface area contributed by atoms with Crippen LogP contribution in [0.2, 0.25) is 0 Å². The molecule has 0 atom stereocenters. The predicted molar refractivity (Wildman–Crippen MR) is 181 cm³/mol. The van der Waals surface area contributed by atoms with E-state index in [2.05, 4.69) is 98.8 Å². The summed E-state index contributed by atoms with van der Waals surface area (Å²) in [5.74, 6) is 0.962. The molecular formula is C38H23N6OPt-3. The van der Waals surface area contributed by atoms with Gasteiger partial charge in [0.15, 0.2) is 5.65 Å². The molecule has 5 heterocycles. The number of hydrogen-bond acceptors (Lipinski definition) is 5. The first-order chi connectivity index (χ1) is 23.4. The summed E-state index contributed by atoms with van der Waals surface area (Å²) < 4.78 is 33.8. The summed E-state index contributed by atoms with van der Waals surface area (Å²) in [6, 6.07) is 41.9. The molecule has 0 N–H and O–H groups in total. The quantitative estimate of drug-likeness (QED) is 0.169. The number of hydrogen-bond donors (Lipinski definition) is 0. The summed E-state index contributed by atoms with van der Waals surface area (Å²) in [7, 11) is 0. The van der Waals surface area contributed by atoms with Crippen molar-refractivity contribution in [1.29, 1.82) is 0 Å². The summed E-state index contributed by atoms with van der Waals surface area (Å²) in [6.45, 7) is -0.969. The molecule has 0 radical (unpaired) electrons. The average Bonchev–Trinajstić information content (AvgIpc) is 3.81. The summed E-state index contributed by atoms with van der Waals surface area (Å²) in [5, 5.41) is 11.7. The van der Waals surface area contributed by atoms with Crippen LogP contribution >= 0.6 is 0 Å². The number of pyridine rings is 1. The van der Waals surface area contributed by atoms with Gasteiger partial charge >= 0.3 is 0 Å². The van der Waals surface area contributed by atoms with Gasteiger partial charge in [-0.2, -0.15) is 12.1 Å². The molecule has 0 spiro atoms. The molecule has 0 bridgehead atoms. The predicted octanol–water partition coefficient (Wildman–Crippen LogP) is 8.56. The number of fused-ring (bicyclic) bond motifs is 10. The van der Waals surface area contributed by atoms with Gasteiger partial charge in [-0.05, 0) is 30.6 Å². The summed E-state index contributed by atoms with van der Waals surface area (Å²) in [6.07, 6.45) is 3.27. The van der Waals surface area contributed by atoms with E-state index in [9.17, 15) is 0 Å². The minimum absolute atomic E-state index is 0. The van der Waals surface area contributed by atoms with Crippen molar-refractivity contribution in [1.82, 2.24) is 18.8 Å². The van der Waals surface area contributed by atoms with Crippen LogP contribution in [0.1, 0.15) is 4.11 Å². The number of nitrogens with zero attached hydrogens (tertiary/aromatic N) is 6. The average molecular weight is 778 g/mol. The Bertz CT molecular complexity index is 2820. The van der Waals surface area contributed by atoms with Crippen LogP contribution in [0.5, 0.6) is 11.5 Å². The molecule has 0 amide bonds. The Morgan fingerprint density at radius 3 is 2.20 bits per heavy atom. The fourth-order valence-electron chi connectivity index (χ4n) is 6.86. The van der Waals surface area contributed by atoms with Crippen LogP contribution in [0, 0.1) is 18.8 Å². The van der Waals surface area contributed by atoms with E-state index in [-0.39, 0.29) is 21.1 Å². The number of aromatic nitrogens is 3. The maximum absolute atomic E-state index is 7.63. The first-order valence-corrected chi connectivity index (χ1v) is 14.6. The zero-order valence-electron chi connectivity index (χ0n) is 27.0. The number of anilines is 1. The Kier molecular flexibility index (Phi) is 5.23. The van der Waals surface area contributed by atoms with Crippen LogP contribution in [-0.4, -0.2) is 32.1 Å². The van der Waals surface area contributed by atoms with Gasteiger partial charge in [0.1, 0.15) is 0 Å². The van der Waals surface area contributed by atoms with Gasteiger partial charge in [0.05, 0.1) is 22.9 Å². The van der Waals surface area contributed by atoms with Gasteiger partial charge in [-0.15, -0.1) is 42.4 Å². The second-order valence-electron chi connectivity index (χ2n) is 11.1. The molecule has 8 heteroatoms. The second kappa shape index (κ2) is 10.1. The smallest absolute Gasteiger partial charge is 0.160 e. The topological polar surface area (TPSA) is 49.8 Å². The Morgan fingerprint density at radius 2 is 1.37 bits per heavy atom. The molecule has 10 rings (SSSR count). The normalized spacial score (nSPS) is 14.6. The maximum atomic E-state index is 7.63. The molecule has 46 heavy (non-hydrogen) atoms. The molecule has 0 saturated heterocycles. The SMILES string of the molecule is [2H]C([2H])([2H])N1[CH-]N(c2[c-]c(Oc3[c-]c4c(cc3)c3cccc5c6cccc7c8ccccc8n(c8cccnc8n4c35)c76)ccc2)C=N1.[Pt]. The van der Waals surface area contributed by atoms with Crippen LogP contribution in [0.15, 0.2) is 114 Å². The Balaban J connectivity index is 0.00000325. The van der Waals surface area contributed by atoms with E-state index in [0.717, 1.165) is 59.8 Å². The molecule has 0 saturated carbocycles. The van der Waals surface area contributed by atoms with Crippen molar-refractivity contribution in [2.75, 3.05) is 11.9 Å². The number of hydrazone groups is 1. The summed E-state index contributed by atoms with van der Waals surface area (Å²) in [4.78, 5) is 6.61. The van der Waals surface area contributed by atoms with E-state index in [1.54, 1.807) is 11.0 Å². The van der Waals surface area contributed by atoms with Crippen LogP contribution < -0.4 is 9.64 Å². The van der Waals surface area contributed by atoms with Gasteiger partial charge in [0.2, 0.25) is 0 Å². The number of rotatable bonds is 3. The van der Waals surface area contributed by atoms with Crippen LogP contribution in [0.3, 0.4) is 0 Å². The monoisotopic (exact) mass is 777 g/mol. The van der Waals surface area contributed by atoms with Crippen molar-refractivity contribution < 1.29 is 29.9 Å². The first kappa shape index (κ1) is 23.9. The number of benzene rings is 5. The first-order valence-electron chi connectivity index (χ1n) is 16.1. The molecule has 9 aromatic rings. The van der Waals surface area contributed by atoms with Gasteiger partial charge in [0, 0.05) is 69.9 Å². The Labute approximate surface area is 282 Å². The van der Waals surface area contributed by atoms with E-state index in [1.165, 1.54) is 23.8 Å². The van der Waals surface area contributed by atoms with E-state index < -0.39 is 6.98 Å². The number of ether oxygens (including phenoxy) is 1. The molecule has 1 aliphatic heterocycles. The second-order valence-corrected chi connectivity index (χ2v) is 11.1. The molecule has 0 fully saturated rings. The third-order valence-electron chi connectivity index (χ3n) is 8.66. The third kappa shape index (κ3) is 3.75. The van der Waals surface area contributed by atoms with E-state index in [4.69, 9.17) is 13.8 Å². The molecule has 0 unspecified atom stereocenters. The standard InChI is InChI=1S/C38H23N6O.Pt/c1-41-23-42(22-40-41)24-8-4-9-25(20-24)45-26-17-18-28-30-12-6-14-32-31-13-5-11-29-27-10-2-3-15-33(27)43(36(29)31)34-16-7-19-39-38(34)44(37(30)32)35(28)21-26;/h2-19,22-23H,1H3;/q-3;/i1D3;. The molecule has 0 aliphatic carbocycles. The van der Waals surface area contributed by atoms with Crippen LogP contribution in [0.25, 0.3) is 65.5 Å². The van der Waals surface area contributed by atoms with Gasteiger partial charge in [-0.3, -0.25) is 0 Å². The van der Waals surface area contributed by atoms with E-state index >= 15 is 0 Å². The van der Waals surface area contributed by atoms with Gasteiger partial charge in [-0.1, -0.05) is 65.8 Å². The molecule has 7 nitrogen and oxygen atoms in total. The molecule has 5 aromatic carbocycles. The summed E-state index contributed by atoms with van der Waals surface area (Å²) in [5.41, 5.74) is 6.53. The van der Waals surface area contributed by atoms with E-state index in [1.807, 2.05) is 30.5 Å². The fraction of sp³-hybridized carbons (Fsp3) is 0.0263. The van der Waals surface area contributed by atoms with Crippen molar-refractivity contribution >= 4 is 77.6 Å². The van der Waals surface area contributed by atoms with Crippen molar-refractivity contribution in [3.05, 3.63) is 128 Å². The fourth-order valence-corrected chi connectivity index (χ4v) is 6.86. The minimum atomic E-state index is -2.38. The maximum Gasteiger partial charge on any atom is 0.160 e. The molecule has 4 aromatic heterocycles. The van der Waals surface area contributed by atoms with Gasteiger partial charge < -0.3 is 23.4 Å². The third-order valence-corrected chi connectivity index (χ3v) is 8.66. The largest absolute Gasteiger partial charge is 0.509 e. The Hall–Kier alpha value is -5.39. The van der Waals surface area contributed by atoms with Crippen molar-refractivity contribution in [2.24, 2.45) is 5.10 Å². The zero-order valence-corrected chi connectivity index (χ0v) is 26.2. The minimum Gasteiger partial charge on any atom is -0.509 e. The molecule has 224 valence electrons. The van der Waals surface area contributed by atoms with Gasteiger partial charge in [-0.25, -0.2) is 10.1 Å².